The molecule has 2 nitrogen and oxygen atoms in total. The molecule has 2 fully saturated rings. The molecule has 1 saturated heterocycles. The summed E-state index contributed by atoms with van der Waals surface area (Å²) in [6.07, 6.45) is 4.76. The molecular weight excluding hydrogens is 168 g/mol. The van der Waals surface area contributed by atoms with E-state index < -0.39 is 0 Å². The van der Waals surface area contributed by atoms with Gasteiger partial charge in [-0.2, -0.15) is 0 Å². The van der Waals surface area contributed by atoms with Crippen molar-refractivity contribution < 1.29 is 9.16 Å². The first-order valence-electron chi connectivity index (χ1n) is 4.63. The minimum absolute atomic E-state index is 0.0478. The summed E-state index contributed by atoms with van der Waals surface area (Å²) in [4.78, 5) is 0. The van der Waals surface area contributed by atoms with Gasteiger partial charge in [0.1, 0.15) is 0 Å². The Labute approximate surface area is 77.2 Å². The summed E-state index contributed by atoms with van der Waals surface area (Å²) >= 11 is 0. The lowest BCUT2D eigenvalue weighted by Crippen LogP contribution is -2.36. The Morgan fingerprint density at radius 3 is 2.67 bits per heavy atom. The first kappa shape index (κ1) is 8.72. The summed E-state index contributed by atoms with van der Waals surface area (Å²) in [6, 6.07) is 0. The minimum atomic E-state index is -0.0478. The van der Waals surface area contributed by atoms with Gasteiger partial charge in [0.25, 0.3) is 0 Å². The molecular formula is C9H15O2Si. The predicted molar refractivity (Wildman–Crippen MR) is 46.9 cm³/mol. The Kier molecular flexibility index (Phi) is 2.05. The van der Waals surface area contributed by atoms with Crippen LogP contribution in [0.15, 0.2) is 0 Å². The highest BCUT2D eigenvalue weighted by Gasteiger charge is 2.47. The number of hydrogen-bond acceptors (Lipinski definition) is 2. The first-order valence-corrected chi connectivity index (χ1v) is 5.04. The van der Waals surface area contributed by atoms with Crippen molar-refractivity contribution in [3.05, 3.63) is 0 Å². The molecule has 3 heteroatoms. The number of hydrogen-bond donors (Lipinski definition) is 0. The van der Waals surface area contributed by atoms with Crippen LogP contribution in [0.3, 0.4) is 0 Å². The molecule has 1 heterocycles. The summed E-state index contributed by atoms with van der Waals surface area (Å²) in [5.74, 6) is 0.638. The summed E-state index contributed by atoms with van der Waals surface area (Å²) in [5, 5.41) is 0. The lowest BCUT2D eigenvalue weighted by molar-refractivity contribution is 0.0369. The van der Waals surface area contributed by atoms with E-state index in [1.807, 2.05) is 0 Å². The molecule has 67 valence electrons. The molecule has 0 bridgehead atoms. The monoisotopic (exact) mass is 183 g/mol. The van der Waals surface area contributed by atoms with Gasteiger partial charge in [0.15, 0.2) is 0 Å². The zero-order valence-corrected chi connectivity index (χ0v) is 8.67. The van der Waals surface area contributed by atoms with Gasteiger partial charge in [-0.1, -0.05) is 0 Å². The largest absolute Gasteiger partial charge is 0.413 e. The summed E-state index contributed by atoms with van der Waals surface area (Å²) in [6.45, 7) is 4.26. The zero-order chi connectivity index (χ0) is 8.77. The average Bonchev–Trinajstić information content (AvgIpc) is 2.81. The fourth-order valence-electron chi connectivity index (χ4n) is 2.12. The second kappa shape index (κ2) is 2.82. The number of ether oxygens (including phenoxy) is 1. The normalized spacial score (nSPS) is 40.8. The Bertz CT molecular complexity index is 181. The molecule has 0 aromatic rings. The highest BCUT2D eigenvalue weighted by molar-refractivity contribution is 5.98. The van der Waals surface area contributed by atoms with Gasteiger partial charge in [-0.3, -0.25) is 0 Å². The SMILES string of the molecule is CC(C)(O[Si])C1CCC2OC2C1. The maximum absolute atomic E-state index is 5.48. The molecule has 0 amide bonds. The Morgan fingerprint density at radius 2 is 2.08 bits per heavy atom. The summed E-state index contributed by atoms with van der Waals surface area (Å²) in [7, 11) is 3.15. The van der Waals surface area contributed by atoms with Crippen LogP contribution in [0.5, 0.6) is 0 Å². The Morgan fingerprint density at radius 1 is 1.33 bits per heavy atom. The molecule has 0 aromatic heterocycles. The molecule has 1 saturated carbocycles. The molecule has 12 heavy (non-hydrogen) atoms. The lowest BCUT2D eigenvalue weighted by Gasteiger charge is -2.34. The van der Waals surface area contributed by atoms with E-state index in [9.17, 15) is 0 Å². The van der Waals surface area contributed by atoms with Crippen LogP contribution in [-0.4, -0.2) is 28.3 Å². The van der Waals surface area contributed by atoms with Crippen molar-refractivity contribution in [2.24, 2.45) is 5.92 Å². The predicted octanol–water partition coefficient (Wildman–Crippen LogP) is 1.43. The standard InChI is InChI=1S/C9H15O2Si/c1-9(2,11-12)6-3-4-7-8(5-6)10-7/h6-8H,3-5H2,1-2H3. The van der Waals surface area contributed by atoms with Crippen molar-refractivity contribution in [1.82, 2.24) is 0 Å². The second-order valence-electron chi connectivity index (χ2n) is 4.43. The zero-order valence-electron chi connectivity index (χ0n) is 7.67. The average molecular weight is 183 g/mol. The maximum Gasteiger partial charge on any atom is 0.246 e. The molecule has 1 aliphatic heterocycles. The van der Waals surface area contributed by atoms with Crippen molar-refractivity contribution >= 4 is 10.5 Å². The number of rotatable bonds is 2. The highest BCUT2D eigenvalue weighted by Crippen LogP contribution is 2.43. The van der Waals surface area contributed by atoms with Gasteiger partial charge in [0.2, 0.25) is 10.5 Å². The van der Waals surface area contributed by atoms with E-state index in [1.165, 1.54) is 19.3 Å². The van der Waals surface area contributed by atoms with Gasteiger partial charge in [-0.25, -0.2) is 0 Å². The first-order chi connectivity index (χ1) is 5.63. The van der Waals surface area contributed by atoms with Crippen LogP contribution in [0.1, 0.15) is 33.1 Å². The van der Waals surface area contributed by atoms with Crippen LogP contribution in [0.4, 0.5) is 0 Å². The van der Waals surface area contributed by atoms with Crippen LogP contribution in [0.25, 0.3) is 0 Å². The van der Waals surface area contributed by atoms with Crippen LogP contribution >= 0.6 is 0 Å². The highest BCUT2D eigenvalue weighted by atomic mass is 28.2. The molecule has 0 N–H and O–H groups in total. The smallest absolute Gasteiger partial charge is 0.246 e. The van der Waals surface area contributed by atoms with Gasteiger partial charge >= 0.3 is 0 Å². The Balaban J connectivity index is 1.95. The summed E-state index contributed by atoms with van der Waals surface area (Å²) < 4.78 is 10.8. The van der Waals surface area contributed by atoms with Gasteiger partial charge in [-0.15, -0.1) is 0 Å². The summed E-state index contributed by atoms with van der Waals surface area (Å²) in [5.41, 5.74) is -0.0478. The molecule has 3 atom stereocenters. The number of fused-ring (bicyclic) bond motifs is 1. The molecule has 1 aliphatic carbocycles. The fourth-order valence-corrected chi connectivity index (χ4v) is 2.29. The second-order valence-corrected chi connectivity index (χ2v) is 4.63. The molecule has 0 aromatic carbocycles. The quantitative estimate of drug-likeness (QED) is 0.477. The van der Waals surface area contributed by atoms with E-state index in [1.54, 1.807) is 0 Å². The molecule has 2 aliphatic rings. The van der Waals surface area contributed by atoms with E-state index in [-0.39, 0.29) is 5.60 Å². The lowest BCUT2D eigenvalue weighted by atomic mass is 9.79. The van der Waals surface area contributed by atoms with Gasteiger partial charge in [0.05, 0.1) is 17.8 Å². The van der Waals surface area contributed by atoms with Crippen LogP contribution < -0.4 is 0 Å². The third kappa shape index (κ3) is 1.45. The van der Waals surface area contributed by atoms with E-state index in [4.69, 9.17) is 9.16 Å². The van der Waals surface area contributed by atoms with E-state index in [2.05, 4.69) is 24.3 Å². The topological polar surface area (TPSA) is 21.8 Å². The molecule has 2 rings (SSSR count). The van der Waals surface area contributed by atoms with Crippen molar-refractivity contribution in [2.75, 3.05) is 0 Å². The van der Waals surface area contributed by atoms with Crippen molar-refractivity contribution in [1.29, 1.82) is 0 Å². The minimum Gasteiger partial charge on any atom is -0.413 e. The fraction of sp³-hybridized carbons (Fsp3) is 1.00. The van der Waals surface area contributed by atoms with Crippen molar-refractivity contribution in [3.63, 3.8) is 0 Å². The van der Waals surface area contributed by atoms with E-state index in [0.717, 1.165) is 0 Å². The van der Waals surface area contributed by atoms with E-state index in [0.29, 0.717) is 18.1 Å². The van der Waals surface area contributed by atoms with Crippen LogP contribution in [0.2, 0.25) is 0 Å². The van der Waals surface area contributed by atoms with Crippen molar-refractivity contribution in [3.8, 4) is 0 Å². The van der Waals surface area contributed by atoms with Crippen LogP contribution in [0, 0.1) is 5.92 Å². The van der Waals surface area contributed by atoms with Crippen LogP contribution in [-0.2, 0) is 9.16 Å². The third-order valence-corrected chi connectivity index (χ3v) is 3.78. The molecule has 0 spiro atoms. The van der Waals surface area contributed by atoms with Gasteiger partial charge in [0, 0.05) is 0 Å². The third-order valence-electron chi connectivity index (χ3n) is 3.25. The van der Waals surface area contributed by atoms with E-state index >= 15 is 0 Å². The number of epoxide rings is 1. The molecule has 3 unspecified atom stereocenters. The van der Waals surface area contributed by atoms with Crippen molar-refractivity contribution in [2.45, 2.75) is 50.9 Å². The van der Waals surface area contributed by atoms with Gasteiger partial charge < -0.3 is 9.16 Å². The molecule has 3 radical (unpaired) electrons. The maximum atomic E-state index is 5.48. The van der Waals surface area contributed by atoms with Gasteiger partial charge in [-0.05, 0) is 39.0 Å². The Hall–Kier alpha value is 0.137.